The van der Waals surface area contributed by atoms with Gasteiger partial charge in [0.25, 0.3) is 5.91 Å². The molecule has 0 aliphatic rings. The van der Waals surface area contributed by atoms with E-state index in [9.17, 15) is 9.59 Å². The van der Waals surface area contributed by atoms with Gasteiger partial charge in [-0.25, -0.2) is 4.79 Å². The first-order chi connectivity index (χ1) is 13.5. The van der Waals surface area contributed by atoms with Crippen LogP contribution in [0.5, 0.6) is 5.75 Å². The van der Waals surface area contributed by atoms with Crippen LogP contribution in [0.2, 0.25) is 0 Å². The van der Waals surface area contributed by atoms with Gasteiger partial charge in [-0.3, -0.25) is 4.79 Å². The van der Waals surface area contributed by atoms with E-state index in [0.29, 0.717) is 28.8 Å². The van der Waals surface area contributed by atoms with Gasteiger partial charge in [-0.1, -0.05) is 19.1 Å². The van der Waals surface area contributed by atoms with E-state index in [1.54, 1.807) is 19.2 Å². The molecule has 0 unspecified atom stereocenters. The summed E-state index contributed by atoms with van der Waals surface area (Å²) < 4.78 is 10.8. The molecule has 1 heterocycles. The second-order valence-electron chi connectivity index (χ2n) is 6.55. The fourth-order valence-electron chi connectivity index (χ4n) is 3.13. The van der Waals surface area contributed by atoms with E-state index in [-0.39, 0.29) is 11.6 Å². The Morgan fingerprint density at radius 2 is 1.89 bits per heavy atom. The molecule has 3 aromatic rings. The number of fused-ring (bicyclic) bond motifs is 1. The summed E-state index contributed by atoms with van der Waals surface area (Å²) in [6, 6.07) is 12.8. The number of methoxy groups -OCH3 is 1. The van der Waals surface area contributed by atoms with E-state index in [2.05, 4.69) is 10.6 Å². The number of carbonyl (C=O) groups excluding carboxylic acids is 1. The lowest BCUT2D eigenvalue weighted by Crippen LogP contribution is -2.21. The minimum atomic E-state index is -0.673. The Hall–Kier alpha value is -3.12. The van der Waals surface area contributed by atoms with Crippen LogP contribution < -0.4 is 21.0 Å². The molecule has 2 N–H and O–H groups in total. The lowest BCUT2D eigenvalue weighted by Gasteiger charge is -2.12. The highest BCUT2D eigenvalue weighted by molar-refractivity contribution is 6.05. The van der Waals surface area contributed by atoms with Crippen molar-refractivity contribution in [1.29, 1.82) is 0 Å². The van der Waals surface area contributed by atoms with Crippen molar-refractivity contribution in [3.63, 3.8) is 0 Å². The van der Waals surface area contributed by atoms with Gasteiger partial charge in [0.05, 0.1) is 7.11 Å². The van der Waals surface area contributed by atoms with Gasteiger partial charge < -0.3 is 19.8 Å². The maximum Gasteiger partial charge on any atom is 0.349 e. The highest BCUT2D eigenvalue weighted by atomic mass is 16.5. The summed E-state index contributed by atoms with van der Waals surface area (Å²) in [4.78, 5) is 25.1. The predicted molar refractivity (Wildman–Crippen MR) is 110 cm³/mol. The summed E-state index contributed by atoms with van der Waals surface area (Å²) in [5, 5.41) is 6.60. The Kier molecular flexibility index (Phi) is 5.80. The number of aryl methyl sites for hydroxylation is 1. The first kappa shape index (κ1) is 19.6. The molecule has 1 atom stereocenters. The zero-order valence-electron chi connectivity index (χ0n) is 16.5. The molecule has 3 rings (SSSR count). The smallest absolute Gasteiger partial charge is 0.349 e. The molecule has 0 radical (unpaired) electrons. The quantitative estimate of drug-likeness (QED) is 0.634. The molecule has 0 aliphatic heterocycles. The molecule has 6 nitrogen and oxygen atoms in total. The van der Waals surface area contributed by atoms with Gasteiger partial charge in [0.2, 0.25) is 0 Å². The Morgan fingerprint density at radius 1 is 1.18 bits per heavy atom. The van der Waals surface area contributed by atoms with Crippen LogP contribution in [0, 0.1) is 0 Å². The molecule has 146 valence electrons. The van der Waals surface area contributed by atoms with Crippen molar-refractivity contribution in [2.75, 3.05) is 19.5 Å². The molecule has 0 fully saturated rings. The highest BCUT2D eigenvalue weighted by Gasteiger charge is 2.17. The minimum absolute atomic E-state index is 0.0348. The van der Waals surface area contributed by atoms with Crippen LogP contribution in [-0.2, 0) is 6.42 Å². The average Bonchev–Trinajstić information content (AvgIpc) is 2.72. The van der Waals surface area contributed by atoms with E-state index >= 15 is 0 Å². The Bertz CT molecular complexity index is 1050. The highest BCUT2D eigenvalue weighted by Crippen LogP contribution is 2.28. The molecule has 6 heteroatoms. The standard InChI is InChI=1S/C22H24N2O4/c1-5-17-19(27-4)11-8-15-12-18(22(26)28-20(15)17)21(25)24-16-9-6-14(7-10-16)13(2)23-3/h6-13,23H,5H2,1-4H3,(H,24,25)/t13-/m0/s1. The number of amides is 1. The van der Waals surface area contributed by atoms with Crippen LogP contribution in [-0.4, -0.2) is 20.1 Å². The summed E-state index contributed by atoms with van der Waals surface area (Å²) in [5.74, 6) is 0.158. The molecular weight excluding hydrogens is 356 g/mol. The molecule has 0 saturated carbocycles. The van der Waals surface area contributed by atoms with Crippen molar-refractivity contribution in [2.24, 2.45) is 0 Å². The fourth-order valence-corrected chi connectivity index (χ4v) is 3.13. The number of nitrogens with one attached hydrogen (secondary N) is 2. The summed E-state index contributed by atoms with van der Waals surface area (Å²) in [7, 11) is 3.46. The lowest BCUT2D eigenvalue weighted by atomic mass is 10.1. The van der Waals surface area contributed by atoms with E-state index in [4.69, 9.17) is 9.15 Å². The fraction of sp³-hybridized carbons (Fsp3) is 0.273. The molecule has 28 heavy (non-hydrogen) atoms. The van der Waals surface area contributed by atoms with Crippen molar-refractivity contribution in [1.82, 2.24) is 5.32 Å². The number of hydrogen-bond acceptors (Lipinski definition) is 5. The molecule has 0 saturated heterocycles. The molecule has 0 spiro atoms. The molecule has 2 aromatic carbocycles. The number of benzene rings is 2. The van der Waals surface area contributed by atoms with Gasteiger partial charge in [0.15, 0.2) is 0 Å². The van der Waals surface area contributed by atoms with Crippen LogP contribution >= 0.6 is 0 Å². The normalized spacial score (nSPS) is 12.0. The van der Waals surface area contributed by atoms with E-state index in [0.717, 1.165) is 11.1 Å². The van der Waals surface area contributed by atoms with Crippen LogP contribution in [0.25, 0.3) is 11.0 Å². The van der Waals surface area contributed by atoms with Crippen molar-refractivity contribution in [3.05, 3.63) is 69.6 Å². The number of anilines is 1. The number of hydrogen-bond donors (Lipinski definition) is 2. The number of carbonyl (C=O) groups is 1. The lowest BCUT2D eigenvalue weighted by molar-refractivity contribution is 0.102. The maximum atomic E-state index is 12.6. The molecular formula is C22H24N2O4. The largest absolute Gasteiger partial charge is 0.496 e. The Morgan fingerprint density at radius 3 is 2.50 bits per heavy atom. The van der Waals surface area contributed by atoms with Crippen molar-refractivity contribution >= 4 is 22.6 Å². The van der Waals surface area contributed by atoms with Gasteiger partial charge >= 0.3 is 5.63 Å². The van der Waals surface area contributed by atoms with Gasteiger partial charge in [-0.05, 0) is 56.3 Å². The van der Waals surface area contributed by atoms with Crippen LogP contribution in [0.4, 0.5) is 5.69 Å². The molecule has 1 amide bonds. The predicted octanol–water partition coefficient (Wildman–Crippen LogP) is 3.90. The van der Waals surface area contributed by atoms with E-state index < -0.39 is 11.5 Å². The molecule has 0 bridgehead atoms. The second-order valence-corrected chi connectivity index (χ2v) is 6.55. The van der Waals surface area contributed by atoms with Crippen LogP contribution in [0.1, 0.15) is 41.4 Å². The first-order valence-corrected chi connectivity index (χ1v) is 9.20. The van der Waals surface area contributed by atoms with Crippen LogP contribution in [0.3, 0.4) is 0 Å². The van der Waals surface area contributed by atoms with Gasteiger partial charge in [0.1, 0.15) is 16.9 Å². The molecule has 1 aromatic heterocycles. The second kappa shape index (κ2) is 8.27. The third-order valence-electron chi connectivity index (χ3n) is 4.88. The number of rotatable bonds is 6. The molecule has 0 aliphatic carbocycles. The van der Waals surface area contributed by atoms with E-state index in [1.165, 1.54) is 0 Å². The third-order valence-corrected chi connectivity index (χ3v) is 4.88. The van der Waals surface area contributed by atoms with E-state index in [1.807, 2.05) is 51.2 Å². The summed E-state index contributed by atoms with van der Waals surface area (Å²) in [5.41, 5.74) is 2.26. The first-order valence-electron chi connectivity index (χ1n) is 9.20. The average molecular weight is 380 g/mol. The van der Waals surface area contributed by atoms with Gasteiger partial charge in [0, 0.05) is 22.7 Å². The SMILES string of the molecule is CCc1c(OC)ccc2cc(C(=O)Nc3ccc([C@H](C)NC)cc3)c(=O)oc12. The van der Waals surface area contributed by atoms with Gasteiger partial charge in [-0.15, -0.1) is 0 Å². The summed E-state index contributed by atoms with van der Waals surface area (Å²) >= 11 is 0. The maximum absolute atomic E-state index is 12.6. The minimum Gasteiger partial charge on any atom is -0.496 e. The number of ether oxygens (including phenoxy) is 1. The topological polar surface area (TPSA) is 80.6 Å². The Balaban J connectivity index is 1.91. The van der Waals surface area contributed by atoms with Crippen molar-refractivity contribution in [2.45, 2.75) is 26.3 Å². The zero-order chi connectivity index (χ0) is 20.3. The van der Waals surface area contributed by atoms with Crippen molar-refractivity contribution < 1.29 is 13.9 Å². The third kappa shape index (κ3) is 3.77. The summed E-state index contributed by atoms with van der Waals surface area (Å²) in [6.07, 6.45) is 0.645. The van der Waals surface area contributed by atoms with Crippen LogP contribution in [0.15, 0.2) is 51.7 Å². The Labute approximate surface area is 163 Å². The monoisotopic (exact) mass is 380 g/mol. The van der Waals surface area contributed by atoms with Crippen molar-refractivity contribution in [3.8, 4) is 5.75 Å². The zero-order valence-corrected chi connectivity index (χ0v) is 16.5. The van der Waals surface area contributed by atoms with Gasteiger partial charge in [-0.2, -0.15) is 0 Å². The summed E-state index contributed by atoms with van der Waals surface area (Å²) in [6.45, 7) is 4.00.